The molecule has 0 radical (unpaired) electrons. The molecule has 3 nitrogen and oxygen atoms in total. The summed E-state index contributed by atoms with van der Waals surface area (Å²) < 4.78 is 2.50. The Kier molecular flexibility index (Phi) is 12.0. The molecule has 0 aliphatic carbocycles. The highest BCUT2D eigenvalue weighted by atomic mass is 28.3. The number of aromatic nitrogens is 1. The third kappa shape index (κ3) is 7.58. The van der Waals surface area contributed by atoms with Crippen molar-refractivity contribution in [1.82, 2.24) is 4.57 Å². The van der Waals surface area contributed by atoms with Gasteiger partial charge >= 0.3 is 0 Å². The number of hydrogen-bond donors (Lipinski definition) is 0. The van der Waals surface area contributed by atoms with Crippen LogP contribution in [0.25, 0.3) is 27.5 Å². The summed E-state index contributed by atoms with van der Waals surface area (Å²) >= 11 is 0. The number of nitrogens with zero attached hydrogens (tertiary/aromatic N) is 3. The van der Waals surface area contributed by atoms with E-state index >= 15 is 0 Å². The first kappa shape index (κ1) is 49.6. The van der Waals surface area contributed by atoms with Crippen molar-refractivity contribution in [2.45, 2.75) is 0 Å². The van der Waals surface area contributed by atoms with Crippen molar-refractivity contribution in [3.8, 4) is 5.69 Å². The van der Waals surface area contributed by atoms with Gasteiger partial charge in [0.15, 0.2) is 16.1 Å². The lowest BCUT2D eigenvalue weighted by atomic mass is 9.33. The zero-order valence-corrected chi connectivity index (χ0v) is 48.3. The van der Waals surface area contributed by atoms with Gasteiger partial charge in [-0.3, -0.25) is 0 Å². The maximum absolute atomic E-state index is 2.82. The van der Waals surface area contributed by atoms with Gasteiger partial charge in [-0.2, -0.15) is 0 Å². The van der Waals surface area contributed by atoms with E-state index in [1.54, 1.807) is 0 Å². The number of fused-ring (bicyclic) bond motifs is 7. The molecule has 394 valence electrons. The maximum atomic E-state index is 2.57. The minimum Gasteiger partial charge on any atom is -0.311 e. The van der Waals surface area contributed by atoms with E-state index in [1.165, 1.54) is 102 Å². The summed E-state index contributed by atoms with van der Waals surface area (Å²) in [5, 5.41) is 13.3. The summed E-state index contributed by atoms with van der Waals surface area (Å²) in [6.07, 6.45) is 0. The van der Waals surface area contributed by atoms with Gasteiger partial charge in [0.2, 0.25) is 0 Å². The molecule has 6 heteroatoms. The molecule has 14 aromatic rings. The highest BCUT2D eigenvalue weighted by Gasteiger charge is 2.46. The third-order valence-electron chi connectivity index (χ3n) is 18.1. The summed E-state index contributed by atoms with van der Waals surface area (Å²) in [7, 11) is -5.63. The van der Waals surface area contributed by atoms with E-state index in [-0.39, 0.29) is 6.71 Å². The maximum Gasteiger partial charge on any atom is 0.252 e. The summed E-state index contributed by atoms with van der Waals surface area (Å²) in [4.78, 5) is 5.13. The number of rotatable bonds is 11. The molecule has 1 aromatic heterocycles. The zero-order chi connectivity index (χ0) is 55.6. The van der Waals surface area contributed by atoms with Crippen LogP contribution in [0.5, 0.6) is 0 Å². The molecule has 0 atom stereocenters. The number of hydrogen-bond acceptors (Lipinski definition) is 2. The molecule has 2 aliphatic heterocycles. The predicted molar refractivity (Wildman–Crippen MR) is 362 cm³/mol. The van der Waals surface area contributed by atoms with Crippen LogP contribution in [0.1, 0.15) is 0 Å². The predicted octanol–water partition coefficient (Wildman–Crippen LogP) is 11.6. The van der Waals surface area contributed by atoms with E-state index in [9.17, 15) is 0 Å². The van der Waals surface area contributed by atoms with Gasteiger partial charge in [-0.05, 0) is 119 Å². The average molecular weight is 1100 g/mol. The van der Waals surface area contributed by atoms with Crippen LogP contribution in [0.15, 0.2) is 340 Å². The van der Waals surface area contributed by atoms with Gasteiger partial charge in [-0.1, -0.05) is 279 Å². The molecule has 0 spiro atoms. The molecule has 0 bridgehead atoms. The smallest absolute Gasteiger partial charge is 0.252 e. The first-order chi connectivity index (χ1) is 41.7. The Hall–Kier alpha value is -10.2. The highest BCUT2D eigenvalue weighted by Crippen LogP contribution is 2.46. The second-order valence-electron chi connectivity index (χ2n) is 22.3. The summed E-state index contributed by atoms with van der Waals surface area (Å²) in [6, 6.07) is 128. The van der Waals surface area contributed by atoms with Crippen LogP contribution in [0.2, 0.25) is 0 Å². The number of benzene rings is 13. The Balaban J connectivity index is 0.948. The van der Waals surface area contributed by atoms with E-state index in [2.05, 4.69) is 354 Å². The molecule has 0 saturated heterocycles. The lowest BCUT2D eigenvalue weighted by molar-refractivity contribution is 1.16. The van der Waals surface area contributed by atoms with Crippen molar-refractivity contribution in [3.05, 3.63) is 340 Å². The van der Waals surface area contributed by atoms with Gasteiger partial charge in [-0.25, -0.2) is 0 Å². The lowest BCUT2D eigenvalue weighted by Crippen LogP contribution is -2.74. The Labute approximate surface area is 493 Å². The monoisotopic (exact) mass is 1100 g/mol. The first-order valence-corrected chi connectivity index (χ1v) is 33.2. The molecule has 3 heterocycles. The largest absolute Gasteiger partial charge is 0.311 e. The summed E-state index contributed by atoms with van der Waals surface area (Å²) in [5.41, 5.74) is 14.2. The zero-order valence-electron chi connectivity index (χ0n) is 46.3. The van der Waals surface area contributed by atoms with Crippen molar-refractivity contribution in [3.63, 3.8) is 0 Å². The molecule has 0 N–H and O–H groups in total. The molecule has 13 aromatic carbocycles. The van der Waals surface area contributed by atoms with Gasteiger partial charge in [0.1, 0.15) is 0 Å². The first-order valence-electron chi connectivity index (χ1n) is 29.2. The summed E-state index contributed by atoms with van der Waals surface area (Å²) in [6.45, 7) is -0.0377. The van der Waals surface area contributed by atoms with Crippen LogP contribution < -0.4 is 67.7 Å². The molecule has 0 saturated carbocycles. The topological polar surface area (TPSA) is 11.4 Å². The third-order valence-corrected chi connectivity index (χ3v) is 27.7. The van der Waals surface area contributed by atoms with Crippen molar-refractivity contribution < 1.29 is 0 Å². The Morgan fingerprint density at radius 2 is 0.500 bits per heavy atom. The van der Waals surface area contributed by atoms with Crippen molar-refractivity contribution in [1.29, 1.82) is 0 Å². The lowest BCUT2D eigenvalue weighted by Gasteiger charge is -2.44. The fourth-order valence-electron chi connectivity index (χ4n) is 14.6. The van der Waals surface area contributed by atoms with Crippen LogP contribution in [0, 0.1) is 0 Å². The van der Waals surface area contributed by atoms with E-state index < -0.39 is 16.1 Å². The van der Waals surface area contributed by atoms with Crippen molar-refractivity contribution in [2.24, 2.45) is 0 Å². The minimum atomic E-state index is -2.82. The van der Waals surface area contributed by atoms with Gasteiger partial charge in [0.05, 0.1) is 16.7 Å². The molecule has 0 amide bonds. The minimum absolute atomic E-state index is 0.0377. The highest BCUT2D eigenvalue weighted by molar-refractivity contribution is 7.20. The van der Waals surface area contributed by atoms with E-state index in [0.29, 0.717) is 0 Å². The number of para-hydroxylation sites is 4. The standard InChI is InChI=1S/C78H56BN3Si2/c1-7-27-60(28-8-1)83(61-29-9-2-10-30-61,62-31-11-3-12-32-62)66-51-47-57(48-52-66)80-74-45-25-21-41-70(74)79-71-42-22-26-46-75(71)81(77-56-59(55-76(80)78(77)79)82-72-43-23-19-39-68(72)69-40-20-24-44-73(69)82)58-49-53-67(54-50-58)84(63-33-13-4-14-34-63,64-35-15-5-16-36-64)65-37-17-6-18-38-65/h1-56H. The van der Waals surface area contributed by atoms with Crippen LogP contribution in [-0.2, 0) is 0 Å². The molecular formula is C78H56BN3Si2. The van der Waals surface area contributed by atoms with Crippen LogP contribution in [0.3, 0.4) is 0 Å². The molecular weight excluding hydrogens is 1050 g/mol. The fraction of sp³-hybridized carbons (Fsp3) is 0. The van der Waals surface area contributed by atoms with Crippen LogP contribution >= 0.6 is 0 Å². The second-order valence-corrected chi connectivity index (χ2v) is 29.9. The second kappa shape index (κ2) is 20.3. The van der Waals surface area contributed by atoms with E-state index in [1.807, 2.05) is 0 Å². The van der Waals surface area contributed by atoms with Crippen LogP contribution in [0.4, 0.5) is 34.1 Å². The normalized spacial score (nSPS) is 12.7. The van der Waals surface area contributed by atoms with Gasteiger partial charge in [0, 0.05) is 44.9 Å². The summed E-state index contributed by atoms with van der Waals surface area (Å²) in [5.74, 6) is 0. The van der Waals surface area contributed by atoms with E-state index in [0.717, 1.165) is 17.1 Å². The average Bonchev–Trinajstić information content (AvgIpc) is 1.54. The van der Waals surface area contributed by atoms with Crippen molar-refractivity contribution >= 4 is 137 Å². The Morgan fingerprint density at radius 3 is 0.833 bits per heavy atom. The Bertz CT molecular complexity index is 4220. The van der Waals surface area contributed by atoms with Gasteiger partial charge in [0.25, 0.3) is 6.71 Å². The quantitative estimate of drug-likeness (QED) is 0.0945. The molecule has 0 unspecified atom stereocenters. The molecule has 16 rings (SSSR count). The SMILES string of the molecule is c1ccc([Si](c2ccccc2)(c2ccccc2)c2ccc(N3c4ccccc4B4c5ccccc5N(c5ccc([Si](c6ccccc6)(c6ccccc6)c6ccccc6)cc5)c5cc(-n6c7ccccc7c7ccccc76)cc3c54)cc2)cc1. The van der Waals surface area contributed by atoms with Crippen molar-refractivity contribution in [2.75, 3.05) is 9.80 Å². The Morgan fingerprint density at radius 1 is 0.226 bits per heavy atom. The molecule has 2 aliphatic rings. The van der Waals surface area contributed by atoms with Gasteiger partial charge in [-0.15, -0.1) is 0 Å². The van der Waals surface area contributed by atoms with Crippen LogP contribution in [-0.4, -0.2) is 27.4 Å². The fourth-order valence-corrected chi connectivity index (χ4v) is 24.1. The number of anilines is 6. The van der Waals surface area contributed by atoms with E-state index in [4.69, 9.17) is 0 Å². The molecule has 0 fully saturated rings. The molecule has 84 heavy (non-hydrogen) atoms. The van der Waals surface area contributed by atoms with Gasteiger partial charge < -0.3 is 14.4 Å².